The maximum atomic E-state index is 13.8. The van der Waals surface area contributed by atoms with Crippen molar-refractivity contribution in [3.05, 3.63) is 65.5 Å². The molecule has 0 N–H and O–H groups in total. The smallest absolute Gasteiger partial charge is 0.276 e. The molecule has 0 aliphatic heterocycles. The molecule has 0 aliphatic carbocycles. The van der Waals surface area contributed by atoms with Crippen LogP contribution in [-0.2, 0) is 20.1 Å². The van der Waals surface area contributed by atoms with Crippen molar-refractivity contribution in [2.24, 2.45) is 7.05 Å². The third kappa shape index (κ3) is 3.96. The summed E-state index contributed by atoms with van der Waals surface area (Å²) in [4.78, 5) is 14.5. The Bertz CT molecular complexity index is 900. The highest BCUT2D eigenvalue weighted by Crippen LogP contribution is 2.13. The monoisotopic (exact) mass is 356 g/mol. The number of carbonyl (C=O) groups excluding carboxylic acids is 1. The minimum atomic E-state index is -0.309. The molecular formula is C18H21FN6O. The Kier molecular flexibility index (Phi) is 5.11. The molecule has 8 heteroatoms. The van der Waals surface area contributed by atoms with Gasteiger partial charge in [-0.1, -0.05) is 23.4 Å². The second kappa shape index (κ2) is 7.47. The van der Waals surface area contributed by atoms with E-state index >= 15 is 0 Å². The molecule has 3 aromatic rings. The lowest BCUT2D eigenvalue weighted by Gasteiger charge is -2.25. The number of aryl methyl sites for hydroxylation is 1. The molecule has 136 valence electrons. The van der Waals surface area contributed by atoms with Crippen LogP contribution in [0.25, 0.3) is 0 Å². The first-order chi connectivity index (χ1) is 12.4. The summed E-state index contributed by atoms with van der Waals surface area (Å²) in [6.07, 6.45) is 5.16. The first-order valence-corrected chi connectivity index (χ1v) is 8.36. The second-order valence-electron chi connectivity index (χ2n) is 6.44. The van der Waals surface area contributed by atoms with Gasteiger partial charge in [-0.25, -0.2) is 9.07 Å². The number of benzene rings is 1. The van der Waals surface area contributed by atoms with Gasteiger partial charge >= 0.3 is 0 Å². The van der Waals surface area contributed by atoms with Gasteiger partial charge in [0.05, 0.1) is 18.9 Å². The van der Waals surface area contributed by atoms with Gasteiger partial charge < -0.3 is 4.90 Å². The normalized spacial score (nSPS) is 11.1. The summed E-state index contributed by atoms with van der Waals surface area (Å²) in [5.74, 6) is -0.528. The molecule has 0 saturated carbocycles. The average molecular weight is 356 g/mol. The minimum Gasteiger partial charge on any atom is -0.330 e. The lowest BCUT2D eigenvalue weighted by molar-refractivity contribution is 0.0684. The molecule has 0 atom stereocenters. The zero-order chi connectivity index (χ0) is 18.7. The zero-order valence-electron chi connectivity index (χ0n) is 15.0. The Morgan fingerprint density at radius 1 is 1.27 bits per heavy atom. The van der Waals surface area contributed by atoms with Crippen molar-refractivity contribution < 1.29 is 9.18 Å². The number of nitrogens with zero attached hydrogens (tertiary/aromatic N) is 6. The molecule has 26 heavy (non-hydrogen) atoms. The third-order valence-electron chi connectivity index (χ3n) is 4.04. The first-order valence-electron chi connectivity index (χ1n) is 8.36. The number of hydrogen-bond acceptors (Lipinski definition) is 4. The molecule has 0 fully saturated rings. The van der Waals surface area contributed by atoms with E-state index in [0.29, 0.717) is 12.1 Å². The lowest BCUT2D eigenvalue weighted by atomic mass is 10.2. The van der Waals surface area contributed by atoms with Crippen LogP contribution in [0, 0.1) is 5.82 Å². The largest absolute Gasteiger partial charge is 0.330 e. The Labute approximate surface area is 151 Å². The Morgan fingerprint density at radius 2 is 2.04 bits per heavy atom. The Morgan fingerprint density at radius 3 is 2.69 bits per heavy atom. The summed E-state index contributed by atoms with van der Waals surface area (Å²) in [7, 11) is 1.83. The number of rotatable bonds is 6. The van der Waals surface area contributed by atoms with E-state index in [2.05, 4.69) is 15.4 Å². The molecule has 2 aromatic heterocycles. The van der Waals surface area contributed by atoms with Gasteiger partial charge in [-0.15, -0.1) is 5.10 Å². The molecule has 0 bridgehead atoms. The van der Waals surface area contributed by atoms with E-state index in [1.54, 1.807) is 40.2 Å². The molecule has 7 nitrogen and oxygen atoms in total. The molecule has 0 radical (unpaired) electrons. The fraction of sp³-hybridized carbons (Fsp3) is 0.333. The number of halogens is 1. The van der Waals surface area contributed by atoms with Gasteiger partial charge in [-0.05, 0) is 19.9 Å². The van der Waals surface area contributed by atoms with Gasteiger partial charge in [0.15, 0.2) is 5.69 Å². The maximum absolute atomic E-state index is 13.8. The summed E-state index contributed by atoms with van der Waals surface area (Å²) >= 11 is 0. The number of carbonyl (C=O) groups is 1. The summed E-state index contributed by atoms with van der Waals surface area (Å²) in [5.41, 5.74) is 1.67. The first kappa shape index (κ1) is 17.8. The molecule has 2 heterocycles. The van der Waals surface area contributed by atoms with Crippen LogP contribution >= 0.6 is 0 Å². The van der Waals surface area contributed by atoms with Crippen LogP contribution in [0.2, 0.25) is 0 Å². The number of aromatic nitrogens is 5. The molecule has 0 spiro atoms. The van der Waals surface area contributed by atoms with Crippen molar-refractivity contribution in [3.8, 4) is 0 Å². The predicted molar refractivity (Wildman–Crippen MR) is 93.7 cm³/mol. The number of hydrogen-bond donors (Lipinski definition) is 0. The molecule has 1 aromatic carbocycles. The molecule has 0 saturated heterocycles. The Hall–Kier alpha value is -3.03. The van der Waals surface area contributed by atoms with Crippen LogP contribution in [0.15, 0.2) is 42.9 Å². The van der Waals surface area contributed by atoms with E-state index in [1.165, 1.54) is 10.7 Å². The summed E-state index contributed by atoms with van der Waals surface area (Å²) in [6, 6.07) is 6.46. The van der Waals surface area contributed by atoms with Crippen LogP contribution < -0.4 is 0 Å². The van der Waals surface area contributed by atoms with Crippen LogP contribution in [0.1, 0.15) is 35.5 Å². The van der Waals surface area contributed by atoms with Gasteiger partial charge in [-0.2, -0.15) is 5.10 Å². The highest BCUT2D eigenvalue weighted by atomic mass is 19.1. The number of amides is 1. The van der Waals surface area contributed by atoms with E-state index < -0.39 is 0 Å². The van der Waals surface area contributed by atoms with Crippen LogP contribution in [0.5, 0.6) is 0 Å². The van der Waals surface area contributed by atoms with Crippen LogP contribution in [-0.4, -0.2) is 41.6 Å². The molecule has 1 amide bonds. The lowest BCUT2D eigenvalue weighted by Crippen LogP contribution is -2.36. The van der Waals surface area contributed by atoms with E-state index in [9.17, 15) is 9.18 Å². The fourth-order valence-electron chi connectivity index (χ4n) is 2.66. The van der Waals surface area contributed by atoms with Gasteiger partial charge in [-0.3, -0.25) is 9.48 Å². The molecular weight excluding hydrogens is 335 g/mol. The van der Waals surface area contributed by atoms with Crippen molar-refractivity contribution in [2.45, 2.75) is 33.0 Å². The average Bonchev–Trinajstić information content (AvgIpc) is 3.23. The standard InChI is InChI=1S/C18H21FN6O/c1-13(2)25(10-14-8-20-23(3)9-14)18(26)17-12-24(22-21-17)11-15-6-4-5-7-16(15)19/h4-9,12-13H,10-11H2,1-3H3. The van der Waals surface area contributed by atoms with Gasteiger partial charge in [0.1, 0.15) is 5.82 Å². The van der Waals surface area contributed by atoms with Crippen molar-refractivity contribution in [1.82, 2.24) is 29.7 Å². The van der Waals surface area contributed by atoms with E-state index in [-0.39, 0.29) is 30.0 Å². The Balaban J connectivity index is 1.75. The SMILES string of the molecule is CC(C)N(Cc1cnn(C)c1)C(=O)c1cn(Cc2ccccc2F)nn1. The zero-order valence-corrected chi connectivity index (χ0v) is 15.0. The third-order valence-corrected chi connectivity index (χ3v) is 4.04. The summed E-state index contributed by atoms with van der Waals surface area (Å²) in [5, 5.41) is 12.1. The molecule has 0 unspecified atom stereocenters. The van der Waals surface area contributed by atoms with E-state index in [4.69, 9.17) is 0 Å². The van der Waals surface area contributed by atoms with Crippen molar-refractivity contribution in [3.63, 3.8) is 0 Å². The quantitative estimate of drug-likeness (QED) is 0.679. The summed E-state index contributed by atoms with van der Waals surface area (Å²) < 4.78 is 16.9. The second-order valence-corrected chi connectivity index (χ2v) is 6.44. The molecule has 3 rings (SSSR count). The van der Waals surface area contributed by atoms with Gasteiger partial charge in [0.25, 0.3) is 5.91 Å². The van der Waals surface area contributed by atoms with E-state index in [0.717, 1.165) is 5.56 Å². The highest BCUT2D eigenvalue weighted by Gasteiger charge is 2.22. The predicted octanol–water partition coefficient (Wildman–Crippen LogP) is 2.25. The van der Waals surface area contributed by atoms with Gasteiger partial charge in [0.2, 0.25) is 0 Å². The maximum Gasteiger partial charge on any atom is 0.276 e. The minimum absolute atomic E-state index is 0.0144. The topological polar surface area (TPSA) is 68.8 Å². The summed E-state index contributed by atoms with van der Waals surface area (Å²) in [6.45, 7) is 4.54. The highest BCUT2D eigenvalue weighted by molar-refractivity contribution is 5.92. The van der Waals surface area contributed by atoms with Gasteiger partial charge in [0, 0.05) is 37.0 Å². The van der Waals surface area contributed by atoms with Crippen molar-refractivity contribution in [2.75, 3.05) is 0 Å². The molecule has 0 aliphatic rings. The van der Waals surface area contributed by atoms with E-state index in [1.807, 2.05) is 27.1 Å². The van der Waals surface area contributed by atoms with Crippen molar-refractivity contribution in [1.29, 1.82) is 0 Å². The van der Waals surface area contributed by atoms with Crippen molar-refractivity contribution >= 4 is 5.91 Å². The van der Waals surface area contributed by atoms with Crippen LogP contribution in [0.3, 0.4) is 0 Å². The van der Waals surface area contributed by atoms with Crippen LogP contribution in [0.4, 0.5) is 4.39 Å². The fourth-order valence-corrected chi connectivity index (χ4v) is 2.66.